The molecule has 0 amide bonds. The number of hydrogen-bond acceptors (Lipinski definition) is 1. The van der Waals surface area contributed by atoms with E-state index < -0.39 is 0 Å². The van der Waals surface area contributed by atoms with Gasteiger partial charge in [-0.25, -0.2) is 0 Å². The normalized spacial score (nSPS) is 19.7. The fourth-order valence-corrected chi connectivity index (χ4v) is 6.98. The summed E-state index contributed by atoms with van der Waals surface area (Å²) < 4.78 is 0. The Kier molecular flexibility index (Phi) is 3.87. The number of aryl methyl sites for hydroxylation is 2. The molecule has 3 aromatic carbocycles. The SMILES string of the molecule is Cc1cc2c3c(c1)C(C)(C)c1cc(C(C)(C)C)cc4c1N3c1c(cc(C)cc1C4(C)C)C2(C)C. The molecule has 0 aliphatic carbocycles. The van der Waals surface area contributed by atoms with Crippen LogP contribution in [0.25, 0.3) is 0 Å². The van der Waals surface area contributed by atoms with E-state index in [1.165, 1.54) is 67.1 Å². The summed E-state index contributed by atoms with van der Waals surface area (Å²) in [6.07, 6.45) is 0. The molecule has 1 heteroatoms. The summed E-state index contributed by atoms with van der Waals surface area (Å²) in [6, 6.07) is 14.9. The van der Waals surface area contributed by atoms with Gasteiger partial charge >= 0.3 is 0 Å². The number of benzene rings is 3. The largest absolute Gasteiger partial charge is 0.309 e. The Balaban J connectivity index is 1.88. The second-order valence-electron chi connectivity index (χ2n) is 13.8. The summed E-state index contributed by atoms with van der Waals surface area (Å²) in [5, 5.41) is 0. The molecule has 0 saturated heterocycles. The zero-order valence-corrected chi connectivity index (χ0v) is 22.9. The molecule has 0 fully saturated rings. The number of nitrogens with zero attached hydrogens (tertiary/aromatic N) is 1. The van der Waals surface area contributed by atoms with Crippen molar-refractivity contribution in [2.75, 3.05) is 4.90 Å². The van der Waals surface area contributed by atoms with E-state index in [4.69, 9.17) is 0 Å². The summed E-state index contributed by atoms with van der Waals surface area (Å²) in [7, 11) is 0. The van der Waals surface area contributed by atoms with Crippen molar-refractivity contribution >= 4 is 17.1 Å². The quantitative estimate of drug-likeness (QED) is 0.331. The number of anilines is 3. The van der Waals surface area contributed by atoms with Crippen LogP contribution in [0.2, 0.25) is 0 Å². The Morgan fingerprint density at radius 1 is 0.500 bits per heavy atom. The average molecular weight is 450 g/mol. The molecule has 3 aromatic rings. The van der Waals surface area contributed by atoms with Gasteiger partial charge in [-0.3, -0.25) is 0 Å². The molecule has 0 N–H and O–H groups in total. The van der Waals surface area contributed by atoms with Gasteiger partial charge in [0.15, 0.2) is 0 Å². The molecule has 176 valence electrons. The zero-order chi connectivity index (χ0) is 24.7. The first-order valence-corrected chi connectivity index (χ1v) is 12.9. The lowest BCUT2D eigenvalue weighted by molar-refractivity contribution is 0.550. The Labute approximate surface area is 206 Å². The van der Waals surface area contributed by atoms with E-state index in [-0.39, 0.29) is 21.7 Å². The molecule has 0 unspecified atom stereocenters. The van der Waals surface area contributed by atoms with Crippen LogP contribution in [-0.4, -0.2) is 0 Å². The Bertz CT molecular complexity index is 1330. The molecule has 34 heavy (non-hydrogen) atoms. The molecule has 3 aliphatic rings. The van der Waals surface area contributed by atoms with Gasteiger partial charge < -0.3 is 4.90 Å². The molecule has 0 saturated carbocycles. The highest BCUT2D eigenvalue weighted by molar-refractivity contribution is 5.98. The van der Waals surface area contributed by atoms with Gasteiger partial charge in [0.1, 0.15) is 0 Å². The first-order valence-electron chi connectivity index (χ1n) is 12.9. The van der Waals surface area contributed by atoms with Crippen LogP contribution in [-0.2, 0) is 21.7 Å². The first kappa shape index (κ1) is 22.0. The predicted octanol–water partition coefficient (Wildman–Crippen LogP) is 8.99. The van der Waals surface area contributed by atoms with Crippen LogP contribution in [0.3, 0.4) is 0 Å². The third-order valence-corrected chi connectivity index (χ3v) is 9.20. The van der Waals surface area contributed by atoms with Gasteiger partial charge in [0.2, 0.25) is 0 Å². The summed E-state index contributed by atoms with van der Waals surface area (Å²) in [6.45, 7) is 26.2. The fourth-order valence-electron chi connectivity index (χ4n) is 6.98. The van der Waals surface area contributed by atoms with Crippen molar-refractivity contribution in [2.45, 2.75) is 97.8 Å². The van der Waals surface area contributed by atoms with Gasteiger partial charge in [0.05, 0.1) is 17.1 Å². The minimum absolute atomic E-state index is 0.0464. The van der Waals surface area contributed by atoms with E-state index in [0.29, 0.717) is 0 Å². The maximum absolute atomic E-state index is 2.67. The molecule has 6 rings (SSSR count). The maximum atomic E-state index is 2.67. The van der Waals surface area contributed by atoms with Crippen LogP contribution in [0.4, 0.5) is 17.1 Å². The van der Waals surface area contributed by atoms with Crippen molar-refractivity contribution in [1.82, 2.24) is 0 Å². The lowest BCUT2D eigenvalue weighted by atomic mass is 9.59. The van der Waals surface area contributed by atoms with Crippen LogP contribution in [0.15, 0.2) is 36.4 Å². The highest BCUT2D eigenvalue weighted by Gasteiger charge is 2.52. The van der Waals surface area contributed by atoms with Gasteiger partial charge in [-0.15, -0.1) is 0 Å². The number of hydrogen-bond donors (Lipinski definition) is 0. The van der Waals surface area contributed by atoms with Crippen molar-refractivity contribution in [3.63, 3.8) is 0 Å². The first-order chi connectivity index (χ1) is 15.6. The highest BCUT2D eigenvalue weighted by atomic mass is 15.2. The van der Waals surface area contributed by atoms with Crippen LogP contribution in [0.5, 0.6) is 0 Å². The van der Waals surface area contributed by atoms with Crippen LogP contribution < -0.4 is 4.90 Å². The molecule has 0 radical (unpaired) electrons. The van der Waals surface area contributed by atoms with E-state index in [1.54, 1.807) is 0 Å². The van der Waals surface area contributed by atoms with Crippen molar-refractivity contribution in [2.24, 2.45) is 0 Å². The van der Waals surface area contributed by atoms with Gasteiger partial charge in [-0.2, -0.15) is 0 Å². The maximum Gasteiger partial charge on any atom is 0.0544 e. The lowest BCUT2D eigenvalue weighted by Crippen LogP contribution is -2.44. The lowest BCUT2D eigenvalue weighted by Gasteiger charge is -2.55. The van der Waals surface area contributed by atoms with Crippen molar-refractivity contribution < 1.29 is 0 Å². The molecular weight excluding hydrogens is 410 g/mol. The second-order valence-corrected chi connectivity index (χ2v) is 13.8. The number of rotatable bonds is 0. The summed E-state index contributed by atoms with van der Waals surface area (Å²) in [5.41, 5.74) is 17.2. The smallest absolute Gasteiger partial charge is 0.0544 e. The zero-order valence-electron chi connectivity index (χ0n) is 22.9. The molecule has 1 nitrogen and oxygen atoms in total. The van der Waals surface area contributed by atoms with Gasteiger partial charge in [0, 0.05) is 16.2 Å². The Morgan fingerprint density at radius 3 is 1.03 bits per heavy atom. The van der Waals surface area contributed by atoms with Crippen molar-refractivity contribution in [3.05, 3.63) is 86.5 Å². The Morgan fingerprint density at radius 2 is 0.765 bits per heavy atom. The average Bonchev–Trinajstić information content (AvgIpc) is 2.71. The summed E-state index contributed by atoms with van der Waals surface area (Å²) >= 11 is 0. The van der Waals surface area contributed by atoms with E-state index >= 15 is 0 Å². The van der Waals surface area contributed by atoms with E-state index in [2.05, 4.69) is 117 Å². The fraction of sp³-hybridized carbons (Fsp3) is 0.455. The van der Waals surface area contributed by atoms with Crippen LogP contribution >= 0.6 is 0 Å². The molecule has 3 heterocycles. The standard InChI is InChI=1S/C33H39N/c1-18-12-21-27-23(14-18)32(8,9)25-16-20(30(3,4)5)17-26-29(25)34(27)28-22(31(21,6)7)13-19(2)15-24(28)33(26,10)11/h12-17H,1-11H3. The van der Waals surface area contributed by atoms with Gasteiger partial charge in [-0.1, -0.05) is 110 Å². The highest BCUT2D eigenvalue weighted by Crippen LogP contribution is 2.66. The Hall–Kier alpha value is -2.54. The minimum Gasteiger partial charge on any atom is -0.309 e. The second kappa shape index (κ2) is 5.99. The van der Waals surface area contributed by atoms with Gasteiger partial charge in [-0.05, 0) is 58.2 Å². The van der Waals surface area contributed by atoms with Crippen molar-refractivity contribution in [3.8, 4) is 0 Å². The minimum atomic E-state index is -0.0657. The van der Waals surface area contributed by atoms with Crippen LogP contribution in [0, 0.1) is 13.8 Å². The molecule has 0 aromatic heterocycles. The summed E-state index contributed by atoms with van der Waals surface area (Å²) in [4.78, 5) is 2.67. The molecule has 0 atom stereocenters. The van der Waals surface area contributed by atoms with Crippen LogP contribution in [0.1, 0.15) is 112 Å². The molecule has 0 bridgehead atoms. The van der Waals surface area contributed by atoms with Gasteiger partial charge in [0.25, 0.3) is 0 Å². The van der Waals surface area contributed by atoms with E-state index in [9.17, 15) is 0 Å². The van der Waals surface area contributed by atoms with E-state index in [1.807, 2.05) is 0 Å². The predicted molar refractivity (Wildman–Crippen MR) is 146 cm³/mol. The van der Waals surface area contributed by atoms with Crippen molar-refractivity contribution in [1.29, 1.82) is 0 Å². The van der Waals surface area contributed by atoms with E-state index in [0.717, 1.165) is 0 Å². The monoisotopic (exact) mass is 449 g/mol. The summed E-state index contributed by atoms with van der Waals surface area (Å²) in [5.74, 6) is 0. The molecular formula is C33H39N. The topological polar surface area (TPSA) is 3.24 Å². The third-order valence-electron chi connectivity index (χ3n) is 9.20. The molecule has 0 spiro atoms. The molecule has 3 aliphatic heterocycles. The third kappa shape index (κ3) is 2.41.